The molecular weight excluding hydrogens is 286 g/mol. The Morgan fingerprint density at radius 3 is 2.76 bits per heavy atom. The fraction of sp³-hybridized carbons (Fsp3) is 0.429. The second-order valence-electron chi connectivity index (χ2n) is 4.93. The second-order valence-corrected chi connectivity index (χ2v) is 5.88. The van der Waals surface area contributed by atoms with Crippen LogP contribution in [0.3, 0.4) is 0 Å². The third-order valence-electron chi connectivity index (χ3n) is 3.45. The molecule has 7 heteroatoms. The zero-order chi connectivity index (χ0) is 14.5. The number of amides is 1. The normalized spacial score (nSPS) is 15.1. The van der Waals surface area contributed by atoms with E-state index in [0.717, 1.165) is 31.5 Å². The van der Waals surface area contributed by atoms with Crippen LogP contribution in [0.25, 0.3) is 11.4 Å². The van der Waals surface area contributed by atoms with Crippen LogP contribution in [0.5, 0.6) is 0 Å². The van der Waals surface area contributed by atoms with Gasteiger partial charge in [0.1, 0.15) is 0 Å². The minimum Gasteiger partial charge on any atom is -0.342 e. The predicted molar refractivity (Wildman–Crippen MR) is 80.8 cm³/mol. The third-order valence-corrected chi connectivity index (χ3v) is 4.28. The lowest BCUT2D eigenvalue weighted by Crippen LogP contribution is -2.36. The van der Waals surface area contributed by atoms with Gasteiger partial charge in [-0.25, -0.2) is 4.98 Å². The summed E-state index contributed by atoms with van der Waals surface area (Å²) < 4.78 is 0. The molecule has 1 fully saturated rings. The number of aromatic nitrogens is 4. The number of pyridine rings is 1. The standard InChI is InChI=1S/C14H17N5OS/c20-12(19-8-2-1-3-9-19)10-21-14-16-13(17-18-14)11-4-6-15-7-5-11/h4-7H,1-3,8-10H2,(H,16,17,18). The number of hydrogen-bond acceptors (Lipinski definition) is 5. The number of hydrogen-bond donors (Lipinski definition) is 1. The van der Waals surface area contributed by atoms with Gasteiger partial charge in [-0.2, -0.15) is 0 Å². The molecule has 1 amide bonds. The van der Waals surface area contributed by atoms with Crippen LogP contribution in [0.1, 0.15) is 19.3 Å². The Morgan fingerprint density at radius 1 is 1.24 bits per heavy atom. The molecule has 1 N–H and O–H groups in total. The molecule has 1 saturated heterocycles. The zero-order valence-electron chi connectivity index (χ0n) is 11.7. The molecule has 3 heterocycles. The molecule has 1 aliphatic heterocycles. The van der Waals surface area contributed by atoms with E-state index in [4.69, 9.17) is 0 Å². The second kappa shape index (κ2) is 6.71. The van der Waals surface area contributed by atoms with Gasteiger partial charge in [-0.1, -0.05) is 11.8 Å². The van der Waals surface area contributed by atoms with E-state index in [9.17, 15) is 4.79 Å². The number of rotatable bonds is 4. The van der Waals surface area contributed by atoms with Gasteiger partial charge in [-0.05, 0) is 31.4 Å². The van der Waals surface area contributed by atoms with Crippen molar-refractivity contribution < 1.29 is 4.79 Å². The lowest BCUT2D eigenvalue weighted by molar-refractivity contribution is -0.129. The van der Waals surface area contributed by atoms with Gasteiger partial charge in [0.2, 0.25) is 11.1 Å². The number of carbonyl (C=O) groups is 1. The van der Waals surface area contributed by atoms with E-state index in [1.54, 1.807) is 12.4 Å². The fourth-order valence-electron chi connectivity index (χ4n) is 2.31. The van der Waals surface area contributed by atoms with Crippen molar-refractivity contribution in [2.75, 3.05) is 18.8 Å². The first-order valence-electron chi connectivity index (χ1n) is 7.06. The average molecular weight is 303 g/mol. The van der Waals surface area contributed by atoms with E-state index in [1.165, 1.54) is 18.2 Å². The van der Waals surface area contributed by atoms with Gasteiger partial charge in [0.05, 0.1) is 5.75 Å². The summed E-state index contributed by atoms with van der Waals surface area (Å²) in [6.45, 7) is 1.77. The number of piperidine rings is 1. The Kier molecular flexibility index (Phi) is 4.49. The largest absolute Gasteiger partial charge is 0.342 e. The maximum atomic E-state index is 12.1. The number of carbonyl (C=O) groups excluding carboxylic acids is 1. The Hall–Kier alpha value is -1.89. The van der Waals surface area contributed by atoms with Crippen LogP contribution in [-0.2, 0) is 4.79 Å². The summed E-state index contributed by atoms with van der Waals surface area (Å²) in [6, 6.07) is 3.74. The first-order chi connectivity index (χ1) is 10.3. The number of likely N-dealkylation sites (tertiary alicyclic amines) is 1. The van der Waals surface area contributed by atoms with Gasteiger partial charge in [0.25, 0.3) is 0 Å². The third kappa shape index (κ3) is 3.60. The highest BCUT2D eigenvalue weighted by Gasteiger charge is 2.17. The van der Waals surface area contributed by atoms with Crippen LogP contribution in [0.15, 0.2) is 29.7 Å². The van der Waals surface area contributed by atoms with Gasteiger partial charge < -0.3 is 4.90 Å². The highest BCUT2D eigenvalue weighted by molar-refractivity contribution is 7.99. The van der Waals surface area contributed by atoms with Crippen LogP contribution >= 0.6 is 11.8 Å². The molecule has 0 saturated carbocycles. The Balaban J connectivity index is 1.56. The van der Waals surface area contributed by atoms with Crippen molar-refractivity contribution >= 4 is 17.7 Å². The molecule has 0 aliphatic carbocycles. The highest BCUT2D eigenvalue weighted by atomic mass is 32.2. The van der Waals surface area contributed by atoms with Crippen molar-refractivity contribution in [3.05, 3.63) is 24.5 Å². The molecule has 2 aromatic rings. The van der Waals surface area contributed by atoms with Crippen LogP contribution in [0, 0.1) is 0 Å². The summed E-state index contributed by atoms with van der Waals surface area (Å²) in [5, 5.41) is 7.64. The van der Waals surface area contributed by atoms with Gasteiger partial charge in [0, 0.05) is 31.0 Å². The maximum absolute atomic E-state index is 12.1. The monoisotopic (exact) mass is 303 g/mol. The van der Waals surface area contributed by atoms with Crippen LogP contribution in [-0.4, -0.2) is 49.8 Å². The zero-order valence-corrected chi connectivity index (χ0v) is 12.5. The van der Waals surface area contributed by atoms with Gasteiger partial charge in [-0.3, -0.25) is 14.9 Å². The molecule has 0 unspecified atom stereocenters. The molecule has 21 heavy (non-hydrogen) atoms. The first-order valence-corrected chi connectivity index (χ1v) is 8.05. The Morgan fingerprint density at radius 2 is 2.00 bits per heavy atom. The van der Waals surface area contributed by atoms with Crippen molar-refractivity contribution in [2.24, 2.45) is 0 Å². The summed E-state index contributed by atoms with van der Waals surface area (Å²) in [6.07, 6.45) is 6.88. The molecule has 6 nitrogen and oxygen atoms in total. The van der Waals surface area contributed by atoms with Crippen molar-refractivity contribution in [2.45, 2.75) is 24.4 Å². The van der Waals surface area contributed by atoms with Crippen LogP contribution < -0.4 is 0 Å². The summed E-state index contributed by atoms with van der Waals surface area (Å²) in [5.74, 6) is 1.27. The van der Waals surface area contributed by atoms with E-state index in [1.807, 2.05) is 17.0 Å². The number of aromatic amines is 1. The number of nitrogens with zero attached hydrogens (tertiary/aromatic N) is 4. The Labute approximate surface area is 127 Å². The molecular formula is C14H17N5OS. The SMILES string of the molecule is O=C(CSc1n[nH]c(-c2ccncc2)n1)N1CCCCC1. The molecule has 0 aromatic carbocycles. The van der Waals surface area contributed by atoms with Crippen molar-refractivity contribution in [1.82, 2.24) is 25.1 Å². The molecule has 0 radical (unpaired) electrons. The summed E-state index contributed by atoms with van der Waals surface area (Å²) >= 11 is 1.38. The van der Waals surface area contributed by atoms with Crippen molar-refractivity contribution in [3.63, 3.8) is 0 Å². The summed E-state index contributed by atoms with van der Waals surface area (Å²) in [5.41, 5.74) is 0.937. The van der Waals surface area contributed by atoms with E-state index in [-0.39, 0.29) is 5.91 Å². The number of H-pyrrole nitrogens is 1. The van der Waals surface area contributed by atoms with Crippen LogP contribution in [0.2, 0.25) is 0 Å². The van der Waals surface area contributed by atoms with E-state index in [0.29, 0.717) is 16.7 Å². The molecule has 3 rings (SSSR count). The van der Waals surface area contributed by atoms with E-state index in [2.05, 4.69) is 20.2 Å². The fourth-order valence-corrected chi connectivity index (χ4v) is 3.01. The Bertz CT molecular complexity index is 594. The van der Waals surface area contributed by atoms with Crippen molar-refractivity contribution in [1.29, 1.82) is 0 Å². The van der Waals surface area contributed by atoms with Crippen molar-refractivity contribution in [3.8, 4) is 11.4 Å². The average Bonchev–Trinajstić information content (AvgIpc) is 3.03. The summed E-state index contributed by atoms with van der Waals surface area (Å²) in [7, 11) is 0. The van der Waals surface area contributed by atoms with E-state index < -0.39 is 0 Å². The molecule has 0 bridgehead atoms. The van der Waals surface area contributed by atoms with Gasteiger partial charge >= 0.3 is 0 Å². The lowest BCUT2D eigenvalue weighted by Gasteiger charge is -2.26. The molecule has 0 atom stereocenters. The number of nitrogens with one attached hydrogen (secondary N) is 1. The topological polar surface area (TPSA) is 74.8 Å². The maximum Gasteiger partial charge on any atom is 0.233 e. The molecule has 2 aromatic heterocycles. The lowest BCUT2D eigenvalue weighted by atomic mass is 10.1. The molecule has 1 aliphatic rings. The quantitative estimate of drug-likeness (QED) is 0.874. The van der Waals surface area contributed by atoms with Gasteiger partial charge in [0.15, 0.2) is 5.82 Å². The summed E-state index contributed by atoms with van der Waals surface area (Å²) in [4.78, 5) is 22.4. The predicted octanol–water partition coefficient (Wildman–Crippen LogP) is 1.97. The molecule has 0 spiro atoms. The van der Waals surface area contributed by atoms with Crippen LogP contribution in [0.4, 0.5) is 0 Å². The smallest absolute Gasteiger partial charge is 0.233 e. The van der Waals surface area contributed by atoms with Gasteiger partial charge in [-0.15, -0.1) is 5.10 Å². The highest BCUT2D eigenvalue weighted by Crippen LogP contribution is 2.19. The first kappa shape index (κ1) is 14.1. The molecule has 110 valence electrons. The minimum atomic E-state index is 0.176. The van der Waals surface area contributed by atoms with E-state index >= 15 is 0 Å². The number of thioether (sulfide) groups is 1. The minimum absolute atomic E-state index is 0.176.